The van der Waals surface area contributed by atoms with Crippen LogP contribution in [0.25, 0.3) is 0 Å². The van der Waals surface area contributed by atoms with Crippen molar-refractivity contribution in [3.63, 3.8) is 0 Å². The number of benzene rings is 2. The Hall–Kier alpha value is -2.45. The number of hydrogen-bond donors (Lipinski definition) is 1. The van der Waals surface area contributed by atoms with Crippen molar-refractivity contribution in [3.05, 3.63) is 53.1 Å². The molecule has 1 N–H and O–H groups in total. The monoisotopic (exact) mass is 482 g/mol. The molecular formula is C23H31ClN2O5S. The van der Waals surface area contributed by atoms with E-state index in [0.717, 1.165) is 10.6 Å². The highest BCUT2D eigenvalue weighted by Gasteiger charge is 2.29. The van der Waals surface area contributed by atoms with E-state index in [1.807, 2.05) is 24.3 Å². The Morgan fingerprint density at radius 1 is 1.16 bits per heavy atom. The molecule has 0 bridgehead atoms. The minimum absolute atomic E-state index is 0.0578. The Balaban J connectivity index is 1.99. The van der Waals surface area contributed by atoms with Crippen molar-refractivity contribution in [1.29, 1.82) is 0 Å². The van der Waals surface area contributed by atoms with E-state index < -0.39 is 22.0 Å². The molecule has 32 heavy (non-hydrogen) atoms. The number of methoxy groups -OCH3 is 1. The zero-order chi connectivity index (χ0) is 24.1. The molecule has 1 amide bonds. The third-order valence-corrected chi connectivity index (χ3v) is 6.41. The fourth-order valence-corrected chi connectivity index (χ4v) is 4.56. The average Bonchev–Trinajstić information content (AvgIpc) is 2.70. The van der Waals surface area contributed by atoms with Gasteiger partial charge >= 0.3 is 0 Å². The second-order valence-corrected chi connectivity index (χ2v) is 10.7. The van der Waals surface area contributed by atoms with Crippen molar-refractivity contribution < 1.29 is 22.7 Å². The lowest BCUT2D eigenvalue weighted by Crippen LogP contribution is -2.48. The fraction of sp³-hybridized carbons (Fsp3) is 0.435. The number of anilines is 1. The number of halogens is 1. The maximum Gasteiger partial charge on any atom is 0.243 e. The van der Waals surface area contributed by atoms with E-state index in [4.69, 9.17) is 21.1 Å². The van der Waals surface area contributed by atoms with Crippen molar-refractivity contribution in [2.24, 2.45) is 0 Å². The van der Waals surface area contributed by atoms with E-state index >= 15 is 0 Å². The molecule has 0 radical (unpaired) electrons. The molecule has 0 aliphatic heterocycles. The van der Waals surface area contributed by atoms with Gasteiger partial charge in [-0.25, -0.2) is 8.42 Å². The minimum Gasteiger partial charge on any atom is -0.495 e. The summed E-state index contributed by atoms with van der Waals surface area (Å²) in [5.74, 6) is 0.661. The van der Waals surface area contributed by atoms with E-state index in [-0.39, 0.29) is 29.3 Å². The van der Waals surface area contributed by atoms with Gasteiger partial charge in [-0.3, -0.25) is 9.10 Å². The van der Waals surface area contributed by atoms with Gasteiger partial charge in [-0.2, -0.15) is 0 Å². The zero-order valence-electron chi connectivity index (χ0n) is 19.3. The van der Waals surface area contributed by atoms with Crippen LogP contribution < -0.4 is 19.1 Å². The van der Waals surface area contributed by atoms with Crippen molar-refractivity contribution in [1.82, 2.24) is 5.32 Å². The summed E-state index contributed by atoms with van der Waals surface area (Å²) in [6.45, 7) is 8.41. The Bertz CT molecular complexity index is 1030. The molecule has 0 saturated heterocycles. The lowest BCUT2D eigenvalue weighted by Gasteiger charge is -2.28. The van der Waals surface area contributed by atoms with Crippen LogP contribution in [0, 0.1) is 0 Å². The molecule has 2 aromatic carbocycles. The molecular weight excluding hydrogens is 452 g/mol. The van der Waals surface area contributed by atoms with Crippen LogP contribution in [0.3, 0.4) is 0 Å². The molecule has 0 aliphatic rings. The summed E-state index contributed by atoms with van der Waals surface area (Å²) in [5.41, 5.74) is 1.53. The number of carbonyl (C=O) groups excluding carboxylic acids is 1. The van der Waals surface area contributed by atoms with E-state index in [0.29, 0.717) is 11.5 Å². The first-order chi connectivity index (χ1) is 14.8. The predicted molar refractivity (Wildman–Crippen MR) is 128 cm³/mol. The highest BCUT2D eigenvalue weighted by Crippen LogP contribution is 2.31. The molecule has 0 fully saturated rings. The summed E-state index contributed by atoms with van der Waals surface area (Å²) < 4.78 is 36.6. The summed E-state index contributed by atoms with van der Waals surface area (Å²) in [6.07, 6.45) is 1.04. The van der Waals surface area contributed by atoms with Gasteiger partial charge in [0.15, 0.2) is 0 Å². The molecule has 176 valence electrons. The third-order valence-electron chi connectivity index (χ3n) is 4.87. The smallest absolute Gasteiger partial charge is 0.243 e. The fourth-order valence-electron chi connectivity index (χ4n) is 3.14. The largest absolute Gasteiger partial charge is 0.495 e. The summed E-state index contributed by atoms with van der Waals surface area (Å²) in [5, 5.41) is 2.97. The molecule has 0 unspecified atom stereocenters. The van der Waals surface area contributed by atoms with Crippen molar-refractivity contribution in [2.45, 2.75) is 39.2 Å². The molecule has 2 rings (SSSR count). The molecule has 0 aromatic heterocycles. The number of nitrogens with one attached hydrogen (secondary N) is 1. The number of rotatable bonds is 9. The molecule has 0 saturated carbocycles. The number of nitrogens with zero attached hydrogens (tertiary/aromatic N) is 1. The normalized spacial score (nSPS) is 12.7. The molecule has 0 aliphatic carbocycles. The summed E-state index contributed by atoms with van der Waals surface area (Å²) in [7, 11) is -2.28. The van der Waals surface area contributed by atoms with E-state index in [1.54, 1.807) is 12.1 Å². The van der Waals surface area contributed by atoms with Crippen LogP contribution in [-0.2, 0) is 20.2 Å². The zero-order valence-corrected chi connectivity index (χ0v) is 20.9. The Morgan fingerprint density at radius 3 is 2.28 bits per heavy atom. The Morgan fingerprint density at radius 2 is 1.78 bits per heavy atom. The van der Waals surface area contributed by atoms with E-state index in [2.05, 4.69) is 26.1 Å². The van der Waals surface area contributed by atoms with Crippen LogP contribution in [0.2, 0.25) is 5.02 Å². The van der Waals surface area contributed by atoms with Crippen LogP contribution >= 0.6 is 11.6 Å². The highest BCUT2D eigenvalue weighted by molar-refractivity contribution is 7.92. The Labute approximate surface area is 195 Å². The third kappa shape index (κ3) is 6.77. The summed E-state index contributed by atoms with van der Waals surface area (Å²) in [6, 6.07) is 11.4. The number of hydrogen-bond acceptors (Lipinski definition) is 5. The lowest BCUT2D eigenvalue weighted by molar-refractivity contribution is -0.121. The predicted octanol–water partition coefficient (Wildman–Crippen LogP) is 4.00. The van der Waals surface area contributed by atoms with Gasteiger partial charge < -0.3 is 14.8 Å². The standard InChI is InChI=1S/C23H31ClN2O5S/c1-16(26(32(6,28)29)18-9-12-21(30-5)20(24)15-18)22(27)25-13-14-31-19-10-7-17(8-11-19)23(2,3)4/h7-12,15-16H,13-14H2,1-6H3,(H,25,27)/t16-/m0/s1. The van der Waals surface area contributed by atoms with E-state index in [1.165, 1.54) is 25.7 Å². The average molecular weight is 483 g/mol. The van der Waals surface area contributed by atoms with Crippen molar-refractivity contribution in [3.8, 4) is 11.5 Å². The first-order valence-electron chi connectivity index (χ1n) is 10.2. The molecule has 9 heteroatoms. The molecule has 2 aromatic rings. The van der Waals surface area contributed by atoms with Gasteiger partial charge in [0.1, 0.15) is 24.1 Å². The number of carbonyl (C=O) groups is 1. The molecule has 1 atom stereocenters. The van der Waals surface area contributed by atoms with E-state index in [9.17, 15) is 13.2 Å². The maximum absolute atomic E-state index is 12.6. The van der Waals surface area contributed by atoms with Gasteiger partial charge in [-0.1, -0.05) is 44.5 Å². The highest BCUT2D eigenvalue weighted by atomic mass is 35.5. The SMILES string of the molecule is COc1ccc(N([C@@H](C)C(=O)NCCOc2ccc(C(C)(C)C)cc2)S(C)(=O)=O)cc1Cl. The maximum atomic E-state index is 12.6. The van der Waals surface area contributed by atoms with Crippen LogP contribution in [0.4, 0.5) is 5.69 Å². The first-order valence-corrected chi connectivity index (χ1v) is 12.4. The topological polar surface area (TPSA) is 84.9 Å². The van der Waals surface area contributed by atoms with Crippen LogP contribution in [0.1, 0.15) is 33.3 Å². The van der Waals surface area contributed by atoms with Crippen LogP contribution in [0.15, 0.2) is 42.5 Å². The lowest BCUT2D eigenvalue weighted by atomic mass is 9.87. The van der Waals surface area contributed by atoms with Crippen molar-refractivity contribution in [2.75, 3.05) is 30.8 Å². The van der Waals surface area contributed by atoms with Gasteiger partial charge in [0.2, 0.25) is 15.9 Å². The quantitative estimate of drug-likeness (QED) is 0.546. The van der Waals surface area contributed by atoms with Gasteiger partial charge in [0.05, 0.1) is 30.6 Å². The molecule has 7 nitrogen and oxygen atoms in total. The first kappa shape index (κ1) is 25.8. The van der Waals surface area contributed by atoms with Gasteiger partial charge in [-0.05, 0) is 48.2 Å². The van der Waals surface area contributed by atoms with Gasteiger partial charge in [0.25, 0.3) is 0 Å². The summed E-state index contributed by atoms with van der Waals surface area (Å²) in [4.78, 5) is 12.6. The summed E-state index contributed by atoms with van der Waals surface area (Å²) >= 11 is 6.14. The van der Waals surface area contributed by atoms with Crippen LogP contribution in [-0.4, -0.2) is 46.9 Å². The second kappa shape index (κ2) is 10.4. The Kier molecular flexibility index (Phi) is 8.42. The van der Waals surface area contributed by atoms with Gasteiger partial charge in [0, 0.05) is 0 Å². The van der Waals surface area contributed by atoms with Gasteiger partial charge in [-0.15, -0.1) is 0 Å². The number of amides is 1. The second-order valence-electron chi connectivity index (χ2n) is 8.47. The molecule has 0 heterocycles. The number of sulfonamides is 1. The minimum atomic E-state index is -3.75. The van der Waals surface area contributed by atoms with Crippen molar-refractivity contribution >= 4 is 33.2 Å². The number of ether oxygens (including phenoxy) is 2. The molecule has 0 spiro atoms. The van der Waals surface area contributed by atoms with Crippen LogP contribution in [0.5, 0.6) is 11.5 Å².